The minimum absolute atomic E-state index is 0.140. The summed E-state index contributed by atoms with van der Waals surface area (Å²) in [6.45, 7) is 2.17. The number of carbonyl (C=O) groups is 2. The number of hydrogen-bond donors (Lipinski definition) is 0. The minimum atomic E-state index is -0.354. The molecule has 4 heteroatoms. The summed E-state index contributed by atoms with van der Waals surface area (Å²) in [5.41, 5.74) is -0.323. The molecule has 5 fully saturated rings. The Balaban J connectivity index is 1.38. The highest BCUT2D eigenvalue weighted by Gasteiger charge is 2.59. The smallest absolute Gasteiger partial charge is 0.310 e. The second-order valence-corrected chi connectivity index (χ2v) is 9.43. The van der Waals surface area contributed by atoms with Gasteiger partial charge in [-0.25, -0.2) is 0 Å². The molecule has 4 atom stereocenters. The van der Waals surface area contributed by atoms with E-state index in [1.807, 2.05) is 0 Å². The maximum absolute atomic E-state index is 13.2. The van der Waals surface area contributed by atoms with E-state index in [0.717, 1.165) is 18.3 Å². The third-order valence-electron chi connectivity index (χ3n) is 8.28. The quantitative estimate of drug-likeness (QED) is 0.582. The molecule has 25 heavy (non-hydrogen) atoms. The number of methoxy groups -OCH3 is 1. The van der Waals surface area contributed by atoms with Crippen molar-refractivity contribution in [2.24, 2.45) is 47.3 Å². The number of fused-ring (bicyclic) bond motifs is 2. The Morgan fingerprint density at radius 1 is 0.840 bits per heavy atom. The van der Waals surface area contributed by atoms with Gasteiger partial charge < -0.3 is 9.47 Å². The first-order valence-corrected chi connectivity index (χ1v) is 9.98. The molecule has 0 aliphatic heterocycles. The van der Waals surface area contributed by atoms with Gasteiger partial charge in [0.05, 0.1) is 18.9 Å². The highest BCUT2D eigenvalue weighted by atomic mass is 16.6. The van der Waals surface area contributed by atoms with Gasteiger partial charge in [0.25, 0.3) is 0 Å². The molecule has 4 nitrogen and oxygen atoms in total. The zero-order valence-electron chi connectivity index (χ0n) is 15.1. The zero-order valence-corrected chi connectivity index (χ0v) is 15.1. The number of carbonyl (C=O) groups excluding carboxylic acids is 2. The van der Waals surface area contributed by atoms with Crippen molar-refractivity contribution in [3.63, 3.8) is 0 Å². The molecule has 0 N–H and O–H groups in total. The summed E-state index contributed by atoms with van der Waals surface area (Å²) >= 11 is 0. The first kappa shape index (κ1) is 15.9. The van der Waals surface area contributed by atoms with E-state index in [-0.39, 0.29) is 41.2 Å². The fraction of sp³-hybridized carbons (Fsp3) is 0.810. The first-order chi connectivity index (χ1) is 12.0. The number of allylic oxidation sites excluding steroid dienone is 2. The van der Waals surface area contributed by atoms with Gasteiger partial charge in [0.2, 0.25) is 0 Å². The zero-order chi connectivity index (χ0) is 17.3. The topological polar surface area (TPSA) is 52.6 Å². The monoisotopic (exact) mass is 344 g/mol. The molecule has 6 aliphatic rings. The van der Waals surface area contributed by atoms with E-state index in [1.54, 1.807) is 0 Å². The lowest BCUT2D eigenvalue weighted by Crippen LogP contribution is -2.58. The van der Waals surface area contributed by atoms with Crippen molar-refractivity contribution < 1.29 is 19.1 Å². The van der Waals surface area contributed by atoms with E-state index in [4.69, 9.17) is 9.47 Å². The predicted molar refractivity (Wildman–Crippen MR) is 91.3 cm³/mol. The fourth-order valence-corrected chi connectivity index (χ4v) is 7.17. The molecule has 0 aromatic rings. The van der Waals surface area contributed by atoms with Crippen LogP contribution in [0.3, 0.4) is 0 Å². The van der Waals surface area contributed by atoms with E-state index < -0.39 is 0 Å². The lowest BCUT2D eigenvalue weighted by molar-refractivity contribution is -0.209. The van der Waals surface area contributed by atoms with Crippen LogP contribution < -0.4 is 0 Å². The van der Waals surface area contributed by atoms with Crippen LogP contribution in [0, 0.1) is 47.3 Å². The third kappa shape index (κ3) is 2.18. The van der Waals surface area contributed by atoms with E-state index in [1.165, 1.54) is 39.2 Å². The molecule has 0 spiro atoms. The number of ether oxygens (including phenoxy) is 2. The van der Waals surface area contributed by atoms with Crippen LogP contribution in [-0.2, 0) is 19.1 Å². The summed E-state index contributed by atoms with van der Waals surface area (Å²) in [5.74, 6) is 1.89. The molecule has 6 aliphatic carbocycles. The molecular formula is C21H28O4. The SMILES string of the molecule is COC(=O)C1C2C=CC(C2)C1C(=O)OC1(C)C2CC3CC(C2)CC1C3. The van der Waals surface area contributed by atoms with Gasteiger partial charge in [0.15, 0.2) is 0 Å². The van der Waals surface area contributed by atoms with Crippen molar-refractivity contribution in [2.45, 2.75) is 51.0 Å². The summed E-state index contributed by atoms with van der Waals surface area (Å²) in [6.07, 6.45) is 11.3. The number of hydrogen-bond acceptors (Lipinski definition) is 4. The second-order valence-electron chi connectivity index (χ2n) is 9.43. The summed E-state index contributed by atoms with van der Waals surface area (Å²) in [5, 5.41) is 0. The van der Waals surface area contributed by atoms with Crippen molar-refractivity contribution in [3.05, 3.63) is 12.2 Å². The Morgan fingerprint density at radius 2 is 1.36 bits per heavy atom. The summed E-state index contributed by atoms with van der Waals surface area (Å²) in [6, 6.07) is 0. The van der Waals surface area contributed by atoms with E-state index in [9.17, 15) is 9.59 Å². The Kier molecular flexibility index (Phi) is 3.40. The number of rotatable bonds is 3. The van der Waals surface area contributed by atoms with Crippen LogP contribution in [0.25, 0.3) is 0 Å². The molecule has 0 aromatic carbocycles. The van der Waals surface area contributed by atoms with Crippen LogP contribution in [0.4, 0.5) is 0 Å². The van der Waals surface area contributed by atoms with Crippen molar-refractivity contribution in [1.82, 2.24) is 0 Å². The van der Waals surface area contributed by atoms with Gasteiger partial charge in [-0.05, 0) is 81.0 Å². The van der Waals surface area contributed by atoms with Gasteiger partial charge in [0.1, 0.15) is 5.60 Å². The van der Waals surface area contributed by atoms with E-state index >= 15 is 0 Å². The fourth-order valence-electron chi connectivity index (χ4n) is 7.17. The van der Waals surface area contributed by atoms with Gasteiger partial charge in [-0.2, -0.15) is 0 Å². The Labute approximate surface area is 149 Å². The van der Waals surface area contributed by atoms with Crippen LogP contribution >= 0.6 is 0 Å². The van der Waals surface area contributed by atoms with Crippen LogP contribution in [0.1, 0.15) is 45.4 Å². The molecule has 4 unspecified atom stereocenters. The highest BCUT2D eigenvalue weighted by Crippen LogP contribution is 2.60. The third-order valence-corrected chi connectivity index (χ3v) is 8.28. The Bertz CT molecular complexity index is 608. The average Bonchev–Trinajstić information content (AvgIpc) is 3.19. The Morgan fingerprint density at radius 3 is 1.88 bits per heavy atom. The van der Waals surface area contributed by atoms with Gasteiger partial charge in [0, 0.05) is 0 Å². The van der Waals surface area contributed by atoms with E-state index in [0.29, 0.717) is 11.8 Å². The predicted octanol–water partition coefficient (Wildman–Crippen LogP) is 3.36. The largest absolute Gasteiger partial charge is 0.469 e. The molecule has 0 heterocycles. The Hall–Kier alpha value is -1.32. The first-order valence-electron chi connectivity index (χ1n) is 9.98. The minimum Gasteiger partial charge on any atom is -0.469 e. The van der Waals surface area contributed by atoms with Crippen LogP contribution in [0.5, 0.6) is 0 Å². The van der Waals surface area contributed by atoms with Crippen molar-refractivity contribution in [2.75, 3.05) is 7.11 Å². The molecule has 136 valence electrons. The van der Waals surface area contributed by atoms with Crippen LogP contribution in [-0.4, -0.2) is 24.6 Å². The molecule has 5 saturated carbocycles. The maximum atomic E-state index is 13.2. The molecule has 0 saturated heterocycles. The molecule has 6 bridgehead atoms. The van der Waals surface area contributed by atoms with E-state index in [2.05, 4.69) is 19.1 Å². The number of esters is 2. The lowest BCUT2D eigenvalue weighted by Gasteiger charge is -2.59. The maximum Gasteiger partial charge on any atom is 0.310 e. The summed E-state index contributed by atoms with van der Waals surface area (Å²) in [4.78, 5) is 25.5. The molecule has 0 amide bonds. The van der Waals surface area contributed by atoms with Gasteiger partial charge in [-0.1, -0.05) is 12.2 Å². The van der Waals surface area contributed by atoms with Gasteiger partial charge in [-0.15, -0.1) is 0 Å². The molecule has 6 rings (SSSR count). The average molecular weight is 344 g/mol. The summed E-state index contributed by atoms with van der Waals surface area (Å²) in [7, 11) is 1.42. The normalized spacial score (nSPS) is 51.8. The van der Waals surface area contributed by atoms with Crippen molar-refractivity contribution in [1.29, 1.82) is 0 Å². The van der Waals surface area contributed by atoms with Gasteiger partial charge in [-0.3, -0.25) is 9.59 Å². The summed E-state index contributed by atoms with van der Waals surface area (Å²) < 4.78 is 11.3. The van der Waals surface area contributed by atoms with Gasteiger partial charge >= 0.3 is 11.9 Å². The highest BCUT2D eigenvalue weighted by molar-refractivity contribution is 5.84. The van der Waals surface area contributed by atoms with Crippen LogP contribution in [0.2, 0.25) is 0 Å². The van der Waals surface area contributed by atoms with Crippen molar-refractivity contribution >= 4 is 11.9 Å². The molecule has 0 aromatic heterocycles. The van der Waals surface area contributed by atoms with Crippen molar-refractivity contribution in [3.8, 4) is 0 Å². The second kappa shape index (κ2) is 5.34. The molecule has 0 radical (unpaired) electrons. The lowest BCUT2D eigenvalue weighted by atomic mass is 9.50. The standard InChI is InChI=1S/C21H28O4/c1-21(15-6-11-5-12(8-15)9-16(21)7-11)25-20(23)18-14-4-3-13(10-14)17(18)19(22)24-2/h3-4,11-18H,5-10H2,1-2H3. The molecular weight excluding hydrogens is 316 g/mol. The van der Waals surface area contributed by atoms with Crippen LogP contribution in [0.15, 0.2) is 12.2 Å².